The lowest BCUT2D eigenvalue weighted by atomic mass is 9.95. The molecule has 0 atom stereocenters. The molecule has 1 nitrogen and oxygen atoms in total. The molecule has 0 unspecified atom stereocenters. The molecule has 0 fully saturated rings. The van der Waals surface area contributed by atoms with E-state index < -0.39 is 0 Å². The van der Waals surface area contributed by atoms with E-state index >= 15 is 0 Å². The fourth-order valence-corrected chi connectivity index (χ4v) is 13.4. The Kier molecular flexibility index (Phi) is 8.83. The highest BCUT2D eigenvalue weighted by molar-refractivity contribution is 7.27. The van der Waals surface area contributed by atoms with Crippen molar-refractivity contribution in [3.8, 4) is 44.5 Å². The van der Waals surface area contributed by atoms with Gasteiger partial charge in [0.2, 0.25) is 0 Å². The van der Waals surface area contributed by atoms with Crippen molar-refractivity contribution in [2.24, 2.45) is 0 Å². The van der Waals surface area contributed by atoms with Crippen molar-refractivity contribution >= 4 is 112 Å². The van der Waals surface area contributed by atoms with E-state index in [-0.39, 0.29) is 0 Å². The Hall–Kier alpha value is -7.34. The maximum Gasteiger partial charge on any atom is 0.0633 e. The first-order valence-corrected chi connectivity index (χ1v) is 24.1. The van der Waals surface area contributed by atoms with Gasteiger partial charge in [0.1, 0.15) is 0 Å². The van der Waals surface area contributed by atoms with Crippen molar-refractivity contribution in [2.75, 3.05) is 4.90 Å². The molecule has 3 aromatic heterocycles. The first kappa shape index (κ1) is 37.2. The number of fused-ring (bicyclic) bond motifs is 9. The summed E-state index contributed by atoms with van der Waals surface area (Å²) in [6.45, 7) is 0. The van der Waals surface area contributed by atoms with Crippen LogP contribution in [0, 0.1) is 0 Å². The minimum Gasteiger partial charge on any atom is -0.308 e. The van der Waals surface area contributed by atoms with Gasteiger partial charge in [0.05, 0.1) is 11.4 Å². The highest BCUT2D eigenvalue weighted by Crippen LogP contribution is 2.55. The fraction of sp³-hybridized carbons (Fsp3) is 0. The zero-order chi connectivity index (χ0) is 42.1. The summed E-state index contributed by atoms with van der Waals surface area (Å²) in [5.74, 6) is 0. The van der Waals surface area contributed by atoms with Gasteiger partial charge in [0.15, 0.2) is 0 Å². The molecule has 13 rings (SSSR count). The van der Waals surface area contributed by atoms with E-state index in [1.54, 1.807) is 0 Å². The van der Waals surface area contributed by atoms with Gasteiger partial charge in [-0.05, 0) is 75.3 Å². The fourth-order valence-electron chi connectivity index (χ4n) is 9.75. The average Bonchev–Trinajstić information content (AvgIpc) is 4.06. The van der Waals surface area contributed by atoms with E-state index in [1.165, 1.54) is 111 Å². The van der Waals surface area contributed by atoms with E-state index in [2.05, 4.69) is 229 Å². The van der Waals surface area contributed by atoms with Crippen molar-refractivity contribution in [1.82, 2.24) is 0 Å². The number of hydrogen-bond donors (Lipinski definition) is 0. The maximum atomic E-state index is 2.62. The molecule has 13 aromatic rings. The third-order valence-corrected chi connectivity index (χ3v) is 16.2. The molecule has 0 spiro atoms. The van der Waals surface area contributed by atoms with Crippen molar-refractivity contribution in [3.05, 3.63) is 224 Å². The highest BCUT2D eigenvalue weighted by Gasteiger charge is 2.27. The van der Waals surface area contributed by atoms with E-state index in [0.717, 1.165) is 11.4 Å². The molecule has 4 heteroatoms. The summed E-state index contributed by atoms with van der Waals surface area (Å²) in [5.41, 5.74) is 13.3. The molecule has 300 valence electrons. The minimum absolute atomic E-state index is 1.14. The van der Waals surface area contributed by atoms with Crippen molar-refractivity contribution in [2.45, 2.75) is 0 Å². The topological polar surface area (TPSA) is 3.24 Å². The second-order valence-corrected chi connectivity index (χ2v) is 19.5. The number of benzene rings is 10. The number of anilines is 3. The Bertz CT molecular complexity index is 3880. The van der Waals surface area contributed by atoms with Gasteiger partial charge in [-0.15, -0.1) is 34.0 Å². The van der Waals surface area contributed by atoms with Crippen molar-refractivity contribution in [1.29, 1.82) is 0 Å². The average molecular weight is 868 g/mol. The zero-order valence-corrected chi connectivity index (χ0v) is 37.0. The van der Waals surface area contributed by atoms with Crippen LogP contribution in [0.3, 0.4) is 0 Å². The quantitative estimate of drug-likeness (QED) is 0.154. The molecule has 0 radical (unpaired) electrons. The van der Waals surface area contributed by atoms with Crippen LogP contribution in [-0.2, 0) is 0 Å². The van der Waals surface area contributed by atoms with Gasteiger partial charge in [-0.1, -0.05) is 188 Å². The van der Waals surface area contributed by atoms with E-state index in [4.69, 9.17) is 0 Å². The van der Waals surface area contributed by atoms with E-state index in [0.29, 0.717) is 0 Å². The molecule has 0 aliphatic rings. The van der Waals surface area contributed by atoms with Gasteiger partial charge in [-0.3, -0.25) is 0 Å². The van der Waals surface area contributed by atoms with Crippen LogP contribution in [0.4, 0.5) is 17.1 Å². The van der Waals surface area contributed by atoms with Crippen LogP contribution in [0.25, 0.3) is 105 Å². The summed E-state index contributed by atoms with van der Waals surface area (Å²) in [6, 6.07) is 82.9. The largest absolute Gasteiger partial charge is 0.308 e. The molecular weight excluding hydrogens is 831 g/mol. The molecule has 0 N–H and O–H groups in total. The molecule has 0 aliphatic carbocycles. The highest BCUT2D eigenvalue weighted by atomic mass is 32.1. The summed E-state index contributed by atoms with van der Waals surface area (Å²) in [7, 11) is 0. The molecule has 0 amide bonds. The van der Waals surface area contributed by atoms with E-state index in [1.807, 2.05) is 34.0 Å². The van der Waals surface area contributed by atoms with Crippen LogP contribution < -0.4 is 4.90 Å². The van der Waals surface area contributed by atoms with Crippen LogP contribution in [0.5, 0.6) is 0 Å². The van der Waals surface area contributed by atoms with Gasteiger partial charge in [0.25, 0.3) is 0 Å². The molecule has 0 saturated heterocycles. The summed E-state index contributed by atoms with van der Waals surface area (Å²) >= 11 is 5.68. The van der Waals surface area contributed by atoms with Crippen LogP contribution >= 0.6 is 34.0 Å². The predicted octanol–water partition coefficient (Wildman–Crippen LogP) is 18.9. The second-order valence-electron chi connectivity index (χ2n) is 16.3. The summed E-state index contributed by atoms with van der Waals surface area (Å²) < 4.78 is 7.70. The Morgan fingerprint density at radius 2 is 0.844 bits per heavy atom. The molecule has 0 aliphatic heterocycles. The lowest BCUT2D eigenvalue weighted by Gasteiger charge is -2.30. The maximum absolute atomic E-state index is 2.62. The lowest BCUT2D eigenvalue weighted by Crippen LogP contribution is -2.12. The molecular formula is C60H37NS3. The third-order valence-electron chi connectivity index (χ3n) is 12.7. The Morgan fingerprint density at radius 3 is 1.58 bits per heavy atom. The second kappa shape index (κ2) is 15.2. The SMILES string of the molecule is c1ccc(-c2ccc3c(c2)sc2c(-c4ccccc4)ccc(N(c4ccc5c(c4)sc4ccccc45)c4c(-c5ccccc5)ccc5sc6c(-c7ccccc7)cccc6c45)c23)cc1. The van der Waals surface area contributed by atoms with E-state index in [9.17, 15) is 0 Å². The van der Waals surface area contributed by atoms with Gasteiger partial charge in [-0.25, -0.2) is 0 Å². The zero-order valence-electron chi connectivity index (χ0n) is 34.5. The Morgan fingerprint density at radius 1 is 0.281 bits per heavy atom. The molecule has 0 bridgehead atoms. The van der Waals surface area contributed by atoms with Gasteiger partial charge < -0.3 is 4.90 Å². The molecule has 0 saturated carbocycles. The summed E-state index contributed by atoms with van der Waals surface area (Å²) in [6.07, 6.45) is 0. The normalized spacial score (nSPS) is 11.8. The van der Waals surface area contributed by atoms with Crippen molar-refractivity contribution < 1.29 is 0 Å². The number of nitrogens with zero attached hydrogens (tertiary/aromatic N) is 1. The van der Waals surface area contributed by atoms with Crippen molar-refractivity contribution in [3.63, 3.8) is 0 Å². The first-order valence-electron chi connectivity index (χ1n) is 21.7. The van der Waals surface area contributed by atoms with Crippen LogP contribution in [0.2, 0.25) is 0 Å². The minimum atomic E-state index is 1.14. The Labute approximate surface area is 383 Å². The smallest absolute Gasteiger partial charge is 0.0633 e. The monoisotopic (exact) mass is 867 g/mol. The lowest BCUT2D eigenvalue weighted by molar-refractivity contribution is 1.33. The van der Waals surface area contributed by atoms with Gasteiger partial charge in [0, 0.05) is 71.8 Å². The predicted molar refractivity (Wildman–Crippen MR) is 282 cm³/mol. The number of rotatable bonds is 7. The molecule has 10 aromatic carbocycles. The van der Waals surface area contributed by atoms with Crippen LogP contribution in [-0.4, -0.2) is 0 Å². The third kappa shape index (κ3) is 6.02. The summed E-state index contributed by atoms with van der Waals surface area (Å²) in [4.78, 5) is 2.62. The van der Waals surface area contributed by atoms with Gasteiger partial charge >= 0.3 is 0 Å². The molecule has 64 heavy (non-hydrogen) atoms. The summed E-state index contributed by atoms with van der Waals surface area (Å²) in [5, 5.41) is 7.65. The van der Waals surface area contributed by atoms with Gasteiger partial charge in [-0.2, -0.15) is 0 Å². The number of thiophene rings is 3. The molecule has 3 heterocycles. The first-order chi connectivity index (χ1) is 31.7. The Balaban J connectivity index is 1.18. The van der Waals surface area contributed by atoms with Crippen LogP contribution in [0.1, 0.15) is 0 Å². The number of hydrogen-bond acceptors (Lipinski definition) is 4. The van der Waals surface area contributed by atoms with Crippen LogP contribution in [0.15, 0.2) is 224 Å². The standard InChI is InChI=1S/C60H37NS3/c1-5-16-38(17-6-1)42-28-30-49-54(36-42)64-60-46(41-22-11-4-12-23-41)32-34-51(56(49)60)61(43-29-31-48-47-24-13-14-27-52(47)62-55(48)37-43)58-44(39-18-7-2-8-19-39)33-35-53-57(58)50-26-15-25-45(59(50)63-53)40-20-9-3-10-21-40/h1-37H.